The lowest BCUT2D eigenvalue weighted by atomic mass is 10.2. The largest absolute Gasteiger partial charge is 0.475 e. The van der Waals surface area contributed by atoms with Gasteiger partial charge in [-0.3, -0.25) is 0 Å². The van der Waals surface area contributed by atoms with Crippen molar-refractivity contribution in [2.45, 2.75) is 32.9 Å². The van der Waals surface area contributed by atoms with Gasteiger partial charge >= 0.3 is 0 Å². The summed E-state index contributed by atoms with van der Waals surface area (Å²) in [6.45, 7) is 7.99. The van der Waals surface area contributed by atoms with Crippen LogP contribution in [0.3, 0.4) is 0 Å². The molecule has 0 saturated carbocycles. The van der Waals surface area contributed by atoms with Gasteiger partial charge < -0.3 is 14.8 Å². The summed E-state index contributed by atoms with van der Waals surface area (Å²) < 4.78 is 11.1. The molecule has 0 atom stereocenters. The second-order valence-corrected chi connectivity index (χ2v) is 4.84. The molecular weight excluding hydrogens is 216 g/mol. The fourth-order valence-electron chi connectivity index (χ4n) is 1.34. The van der Waals surface area contributed by atoms with Crippen LogP contribution in [0.2, 0.25) is 0 Å². The molecule has 0 aliphatic rings. The van der Waals surface area contributed by atoms with Crippen molar-refractivity contribution < 1.29 is 9.47 Å². The molecule has 4 heteroatoms. The van der Waals surface area contributed by atoms with Crippen LogP contribution < -0.4 is 10.1 Å². The molecular formula is C13H22N2O2. The molecule has 0 aromatic carbocycles. The molecule has 0 bridgehead atoms. The second kappa shape index (κ2) is 6.57. The first-order valence-electron chi connectivity index (χ1n) is 5.87. The van der Waals surface area contributed by atoms with Gasteiger partial charge in [-0.25, -0.2) is 4.98 Å². The normalized spacial score (nSPS) is 11.5. The van der Waals surface area contributed by atoms with Gasteiger partial charge in [0.2, 0.25) is 5.88 Å². The van der Waals surface area contributed by atoms with Crippen LogP contribution in [0.4, 0.5) is 0 Å². The first-order chi connectivity index (χ1) is 8.01. The zero-order valence-electron chi connectivity index (χ0n) is 11.1. The molecule has 1 aromatic rings. The van der Waals surface area contributed by atoms with E-state index in [2.05, 4.69) is 10.3 Å². The summed E-state index contributed by atoms with van der Waals surface area (Å²) >= 11 is 0. The predicted octanol–water partition coefficient (Wildman–Crippen LogP) is 1.99. The average Bonchev–Trinajstić information content (AvgIpc) is 2.24. The molecule has 0 fully saturated rings. The monoisotopic (exact) mass is 238 g/mol. The summed E-state index contributed by atoms with van der Waals surface area (Å²) in [7, 11) is 1.91. The van der Waals surface area contributed by atoms with Gasteiger partial charge in [0.05, 0.1) is 12.2 Å². The van der Waals surface area contributed by atoms with Gasteiger partial charge in [-0.2, -0.15) is 0 Å². The number of hydrogen-bond acceptors (Lipinski definition) is 4. The molecule has 0 unspecified atom stereocenters. The zero-order valence-corrected chi connectivity index (χ0v) is 11.1. The topological polar surface area (TPSA) is 43.4 Å². The van der Waals surface area contributed by atoms with E-state index in [0.29, 0.717) is 19.1 Å². The van der Waals surface area contributed by atoms with Crippen LogP contribution >= 0.6 is 0 Å². The van der Waals surface area contributed by atoms with Crippen molar-refractivity contribution in [3.8, 4) is 5.88 Å². The third-order valence-corrected chi connectivity index (χ3v) is 2.05. The summed E-state index contributed by atoms with van der Waals surface area (Å²) in [6, 6.07) is 3.91. The van der Waals surface area contributed by atoms with Crippen LogP contribution in [0.15, 0.2) is 18.3 Å². The highest BCUT2D eigenvalue weighted by Gasteiger charge is 2.09. The van der Waals surface area contributed by atoms with E-state index in [1.165, 1.54) is 0 Å². The highest BCUT2D eigenvalue weighted by atomic mass is 16.5. The van der Waals surface area contributed by atoms with Crippen molar-refractivity contribution in [1.82, 2.24) is 10.3 Å². The maximum absolute atomic E-state index is 5.56. The fraction of sp³-hybridized carbons (Fsp3) is 0.615. The van der Waals surface area contributed by atoms with E-state index in [0.717, 1.165) is 12.1 Å². The third-order valence-electron chi connectivity index (χ3n) is 2.05. The first kappa shape index (κ1) is 13.9. The summed E-state index contributed by atoms with van der Waals surface area (Å²) in [4.78, 5) is 4.15. The Kier molecular flexibility index (Phi) is 5.38. The molecule has 1 N–H and O–H groups in total. The molecule has 0 amide bonds. The van der Waals surface area contributed by atoms with Crippen LogP contribution in [0, 0.1) is 0 Å². The SMILES string of the molecule is CNCc1ccnc(OCCOC(C)(C)C)c1. The molecule has 1 heterocycles. The minimum Gasteiger partial charge on any atom is -0.475 e. The molecule has 1 aromatic heterocycles. The first-order valence-corrected chi connectivity index (χ1v) is 5.87. The average molecular weight is 238 g/mol. The number of hydrogen-bond donors (Lipinski definition) is 1. The van der Waals surface area contributed by atoms with Crippen LogP contribution in [0.5, 0.6) is 5.88 Å². The quantitative estimate of drug-likeness (QED) is 0.770. The zero-order chi connectivity index (χ0) is 12.7. The number of rotatable bonds is 6. The predicted molar refractivity (Wildman–Crippen MR) is 68.2 cm³/mol. The Bertz CT molecular complexity index is 334. The minimum absolute atomic E-state index is 0.120. The Hall–Kier alpha value is -1.13. The Balaban J connectivity index is 2.34. The van der Waals surface area contributed by atoms with Crippen molar-refractivity contribution in [2.75, 3.05) is 20.3 Å². The van der Waals surface area contributed by atoms with Crippen LogP contribution in [0.25, 0.3) is 0 Å². The van der Waals surface area contributed by atoms with Crippen molar-refractivity contribution in [1.29, 1.82) is 0 Å². The van der Waals surface area contributed by atoms with Crippen LogP contribution in [0.1, 0.15) is 26.3 Å². The van der Waals surface area contributed by atoms with Gasteiger partial charge in [-0.1, -0.05) is 0 Å². The third kappa shape index (κ3) is 6.24. The molecule has 1 rings (SSSR count). The van der Waals surface area contributed by atoms with Crippen molar-refractivity contribution in [2.24, 2.45) is 0 Å². The van der Waals surface area contributed by atoms with Crippen molar-refractivity contribution in [3.05, 3.63) is 23.9 Å². The second-order valence-electron chi connectivity index (χ2n) is 4.84. The van der Waals surface area contributed by atoms with E-state index in [-0.39, 0.29) is 5.60 Å². The van der Waals surface area contributed by atoms with E-state index >= 15 is 0 Å². The lowest BCUT2D eigenvalue weighted by Crippen LogP contribution is -2.22. The van der Waals surface area contributed by atoms with Gasteiger partial charge in [0.15, 0.2) is 0 Å². The fourth-order valence-corrected chi connectivity index (χ4v) is 1.34. The summed E-state index contributed by atoms with van der Waals surface area (Å²) in [5, 5.41) is 3.09. The Morgan fingerprint density at radius 1 is 1.29 bits per heavy atom. The number of nitrogens with zero attached hydrogens (tertiary/aromatic N) is 1. The summed E-state index contributed by atoms with van der Waals surface area (Å²) in [5.41, 5.74) is 1.04. The van der Waals surface area contributed by atoms with E-state index in [1.807, 2.05) is 40.0 Å². The lowest BCUT2D eigenvalue weighted by molar-refractivity contribution is -0.0168. The Morgan fingerprint density at radius 3 is 2.71 bits per heavy atom. The highest BCUT2D eigenvalue weighted by Crippen LogP contribution is 2.10. The minimum atomic E-state index is -0.120. The molecule has 0 aliphatic carbocycles. The van der Waals surface area contributed by atoms with Crippen LogP contribution in [-0.4, -0.2) is 30.8 Å². The van der Waals surface area contributed by atoms with Gasteiger partial charge in [-0.05, 0) is 39.4 Å². The molecule has 0 aliphatic heterocycles. The van der Waals surface area contributed by atoms with Gasteiger partial charge in [0.1, 0.15) is 6.61 Å². The number of pyridine rings is 1. The summed E-state index contributed by atoms with van der Waals surface area (Å²) in [5.74, 6) is 0.648. The Morgan fingerprint density at radius 2 is 2.06 bits per heavy atom. The molecule has 0 spiro atoms. The number of aromatic nitrogens is 1. The van der Waals surface area contributed by atoms with Gasteiger partial charge in [0.25, 0.3) is 0 Å². The van der Waals surface area contributed by atoms with Crippen LogP contribution in [-0.2, 0) is 11.3 Å². The summed E-state index contributed by atoms with van der Waals surface area (Å²) in [6.07, 6.45) is 1.76. The highest BCUT2D eigenvalue weighted by molar-refractivity contribution is 5.20. The van der Waals surface area contributed by atoms with Gasteiger partial charge in [0, 0.05) is 18.8 Å². The lowest BCUT2D eigenvalue weighted by Gasteiger charge is -2.19. The van der Waals surface area contributed by atoms with Crippen molar-refractivity contribution >= 4 is 0 Å². The van der Waals surface area contributed by atoms with Gasteiger partial charge in [-0.15, -0.1) is 0 Å². The number of ether oxygens (including phenoxy) is 2. The van der Waals surface area contributed by atoms with E-state index < -0.39 is 0 Å². The van der Waals surface area contributed by atoms with E-state index in [4.69, 9.17) is 9.47 Å². The maximum atomic E-state index is 5.56. The standard InChI is InChI=1S/C13H22N2O2/c1-13(2,3)17-8-7-16-12-9-11(10-14-4)5-6-15-12/h5-6,9,14H,7-8,10H2,1-4H3. The number of nitrogens with one attached hydrogen (secondary N) is 1. The molecule has 4 nitrogen and oxygen atoms in total. The molecule has 96 valence electrons. The van der Waals surface area contributed by atoms with E-state index in [9.17, 15) is 0 Å². The molecule has 0 radical (unpaired) electrons. The van der Waals surface area contributed by atoms with Crippen molar-refractivity contribution in [3.63, 3.8) is 0 Å². The Labute approximate surface area is 103 Å². The molecule has 17 heavy (non-hydrogen) atoms. The molecule has 0 saturated heterocycles. The van der Waals surface area contributed by atoms with E-state index in [1.54, 1.807) is 6.20 Å². The smallest absolute Gasteiger partial charge is 0.213 e. The maximum Gasteiger partial charge on any atom is 0.213 e.